The van der Waals surface area contributed by atoms with Crippen molar-refractivity contribution < 1.29 is 14.3 Å². The zero-order valence-electron chi connectivity index (χ0n) is 17.7. The van der Waals surface area contributed by atoms with E-state index in [1.54, 1.807) is 19.1 Å². The molecule has 0 heterocycles. The van der Waals surface area contributed by atoms with Crippen molar-refractivity contribution in [3.8, 4) is 0 Å². The lowest BCUT2D eigenvalue weighted by Gasteiger charge is -2.19. The van der Waals surface area contributed by atoms with Crippen molar-refractivity contribution in [2.45, 2.75) is 65.4 Å². The van der Waals surface area contributed by atoms with Gasteiger partial charge in [-0.2, -0.15) is 0 Å². The summed E-state index contributed by atoms with van der Waals surface area (Å²) in [7, 11) is 0. The number of amides is 1. The van der Waals surface area contributed by atoms with E-state index in [9.17, 15) is 9.59 Å². The van der Waals surface area contributed by atoms with Crippen LogP contribution in [0.1, 0.15) is 75.4 Å². The lowest BCUT2D eigenvalue weighted by atomic mass is 9.87. The predicted molar refractivity (Wildman–Crippen MR) is 114 cm³/mol. The molecule has 0 aliphatic heterocycles. The van der Waals surface area contributed by atoms with Gasteiger partial charge in [0.2, 0.25) is 0 Å². The number of para-hydroxylation sites is 1. The van der Waals surface area contributed by atoms with Gasteiger partial charge in [-0.1, -0.05) is 65.0 Å². The predicted octanol–water partition coefficient (Wildman–Crippen LogP) is 5.68. The van der Waals surface area contributed by atoms with Crippen LogP contribution in [-0.4, -0.2) is 18.0 Å². The standard InChI is InChI=1S/C24H31NO3/c1-7-16(2)20-10-8-9-11-21(20)25-22(26)17(3)28-23(27)18-12-14-19(15-13-18)24(4,5)6/h8-17H,7H2,1-6H3,(H,25,26)/t16-,17-/m0/s1. The molecule has 0 spiro atoms. The molecule has 0 saturated carbocycles. The van der Waals surface area contributed by atoms with Gasteiger partial charge in [-0.25, -0.2) is 4.79 Å². The van der Waals surface area contributed by atoms with Gasteiger partial charge < -0.3 is 10.1 Å². The van der Waals surface area contributed by atoms with E-state index in [0.717, 1.165) is 23.2 Å². The minimum Gasteiger partial charge on any atom is -0.449 e. The normalized spacial score (nSPS) is 13.5. The molecule has 28 heavy (non-hydrogen) atoms. The molecule has 4 nitrogen and oxygen atoms in total. The van der Waals surface area contributed by atoms with Crippen LogP contribution < -0.4 is 5.32 Å². The minimum absolute atomic E-state index is 0.0125. The SMILES string of the molecule is CC[C@H](C)c1ccccc1NC(=O)[C@H](C)OC(=O)c1ccc(C(C)(C)C)cc1. The summed E-state index contributed by atoms with van der Waals surface area (Å²) in [4.78, 5) is 24.9. The number of benzene rings is 2. The molecule has 0 bridgehead atoms. The summed E-state index contributed by atoms with van der Waals surface area (Å²) in [5.41, 5.74) is 3.43. The molecule has 0 aromatic heterocycles. The fourth-order valence-electron chi connectivity index (χ4n) is 2.88. The second kappa shape index (κ2) is 9.05. The van der Waals surface area contributed by atoms with E-state index in [2.05, 4.69) is 39.9 Å². The van der Waals surface area contributed by atoms with Crippen LogP contribution in [0.5, 0.6) is 0 Å². The molecule has 0 radical (unpaired) electrons. The van der Waals surface area contributed by atoms with E-state index >= 15 is 0 Å². The quantitative estimate of drug-likeness (QED) is 0.655. The average Bonchev–Trinajstić information content (AvgIpc) is 2.67. The van der Waals surface area contributed by atoms with Crippen molar-refractivity contribution in [3.63, 3.8) is 0 Å². The molecule has 2 aromatic carbocycles. The Bertz CT molecular complexity index is 818. The fourth-order valence-corrected chi connectivity index (χ4v) is 2.88. The van der Waals surface area contributed by atoms with Crippen LogP contribution in [0.3, 0.4) is 0 Å². The van der Waals surface area contributed by atoms with Gasteiger partial charge in [0.05, 0.1) is 5.56 Å². The summed E-state index contributed by atoms with van der Waals surface area (Å²) in [6, 6.07) is 15.1. The first kappa shape index (κ1) is 21.7. The first-order valence-corrected chi connectivity index (χ1v) is 9.84. The smallest absolute Gasteiger partial charge is 0.338 e. The maximum atomic E-state index is 12.5. The van der Waals surface area contributed by atoms with Gasteiger partial charge >= 0.3 is 5.97 Å². The van der Waals surface area contributed by atoms with E-state index < -0.39 is 12.1 Å². The zero-order chi connectivity index (χ0) is 20.9. The topological polar surface area (TPSA) is 55.4 Å². The summed E-state index contributed by atoms with van der Waals surface area (Å²) in [5, 5.41) is 2.90. The number of hydrogen-bond acceptors (Lipinski definition) is 3. The molecule has 2 atom stereocenters. The summed E-state index contributed by atoms with van der Waals surface area (Å²) in [5.74, 6) is -0.510. The van der Waals surface area contributed by atoms with E-state index in [1.165, 1.54) is 0 Å². The highest BCUT2D eigenvalue weighted by molar-refractivity contribution is 5.97. The average molecular weight is 382 g/mol. The van der Waals surface area contributed by atoms with Crippen LogP contribution in [0, 0.1) is 0 Å². The molecule has 0 aliphatic rings. The van der Waals surface area contributed by atoms with Gasteiger partial charge in [-0.15, -0.1) is 0 Å². The van der Waals surface area contributed by atoms with Crippen LogP contribution in [0.2, 0.25) is 0 Å². The lowest BCUT2D eigenvalue weighted by Crippen LogP contribution is -2.30. The van der Waals surface area contributed by atoms with E-state index in [-0.39, 0.29) is 11.3 Å². The molecule has 0 saturated heterocycles. The summed E-state index contributed by atoms with van der Waals surface area (Å²) >= 11 is 0. The molecule has 1 amide bonds. The highest BCUT2D eigenvalue weighted by Crippen LogP contribution is 2.27. The Morgan fingerprint density at radius 2 is 1.61 bits per heavy atom. The maximum absolute atomic E-state index is 12.5. The van der Waals surface area contributed by atoms with Gasteiger partial charge in [0, 0.05) is 5.69 Å². The van der Waals surface area contributed by atoms with E-state index in [4.69, 9.17) is 4.74 Å². The second-order valence-electron chi connectivity index (χ2n) is 8.26. The van der Waals surface area contributed by atoms with Crippen LogP contribution in [0.4, 0.5) is 5.69 Å². The van der Waals surface area contributed by atoms with Crippen molar-refractivity contribution in [1.82, 2.24) is 0 Å². The number of rotatable bonds is 6. The van der Waals surface area contributed by atoms with Crippen molar-refractivity contribution in [3.05, 3.63) is 65.2 Å². The Morgan fingerprint density at radius 1 is 1.00 bits per heavy atom. The maximum Gasteiger partial charge on any atom is 0.338 e. The first-order chi connectivity index (χ1) is 13.1. The van der Waals surface area contributed by atoms with Crippen molar-refractivity contribution in [2.75, 3.05) is 5.32 Å². The largest absolute Gasteiger partial charge is 0.449 e. The molecule has 150 valence electrons. The van der Waals surface area contributed by atoms with Gasteiger partial charge in [0.1, 0.15) is 0 Å². The fraction of sp³-hybridized carbons (Fsp3) is 0.417. The number of nitrogens with one attached hydrogen (secondary N) is 1. The number of carbonyl (C=O) groups excluding carboxylic acids is 2. The monoisotopic (exact) mass is 381 g/mol. The van der Waals surface area contributed by atoms with Gasteiger partial charge in [-0.05, 0) is 54.0 Å². The summed E-state index contributed by atoms with van der Waals surface area (Å²) in [6.45, 7) is 12.2. The molecule has 1 N–H and O–H groups in total. The third kappa shape index (κ3) is 5.44. The Hall–Kier alpha value is -2.62. The summed E-state index contributed by atoms with van der Waals surface area (Å²) in [6.07, 6.45) is 0.0851. The number of anilines is 1. The van der Waals surface area contributed by atoms with E-state index in [1.807, 2.05) is 36.4 Å². The number of carbonyl (C=O) groups is 2. The lowest BCUT2D eigenvalue weighted by molar-refractivity contribution is -0.123. The Balaban J connectivity index is 2.04. The molecule has 2 rings (SSSR count). The third-order valence-corrected chi connectivity index (χ3v) is 5.00. The van der Waals surface area contributed by atoms with E-state index in [0.29, 0.717) is 11.5 Å². The van der Waals surface area contributed by atoms with Gasteiger partial charge in [-0.3, -0.25) is 4.79 Å². The van der Waals surface area contributed by atoms with Crippen molar-refractivity contribution in [1.29, 1.82) is 0 Å². The highest BCUT2D eigenvalue weighted by atomic mass is 16.5. The summed E-state index contributed by atoms with van der Waals surface area (Å²) < 4.78 is 5.37. The van der Waals surface area contributed by atoms with Crippen molar-refractivity contribution >= 4 is 17.6 Å². The Kier molecular flexibility index (Phi) is 7.00. The third-order valence-electron chi connectivity index (χ3n) is 5.00. The van der Waals surface area contributed by atoms with Crippen LogP contribution in [-0.2, 0) is 14.9 Å². The Labute approximate surface area is 168 Å². The van der Waals surface area contributed by atoms with Crippen molar-refractivity contribution in [2.24, 2.45) is 0 Å². The number of hydrogen-bond donors (Lipinski definition) is 1. The minimum atomic E-state index is -0.889. The van der Waals surface area contributed by atoms with Crippen LogP contribution in [0.25, 0.3) is 0 Å². The molecule has 2 aromatic rings. The second-order valence-corrected chi connectivity index (χ2v) is 8.26. The van der Waals surface area contributed by atoms with Gasteiger partial charge in [0.25, 0.3) is 5.91 Å². The Morgan fingerprint density at radius 3 is 2.18 bits per heavy atom. The number of ether oxygens (including phenoxy) is 1. The zero-order valence-corrected chi connectivity index (χ0v) is 17.7. The molecule has 0 unspecified atom stereocenters. The van der Waals surface area contributed by atoms with Gasteiger partial charge in [0.15, 0.2) is 6.10 Å². The molecular formula is C24H31NO3. The van der Waals surface area contributed by atoms with Crippen LogP contribution in [0.15, 0.2) is 48.5 Å². The molecule has 0 aliphatic carbocycles. The molecular weight excluding hydrogens is 350 g/mol. The van der Waals surface area contributed by atoms with Crippen LogP contribution >= 0.6 is 0 Å². The first-order valence-electron chi connectivity index (χ1n) is 9.84. The molecule has 4 heteroatoms. The highest BCUT2D eigenvalue weighted by Gasteiger charge is 2.21. The number of esters is 1. The molecule has 0 fully saturated rings.